The van der Waals surface area contributed by atoms with E-state index in [1.54, 1.807) is 32.0 Å². The number of thiophene rings is 1. The van der Waals surface area contributed by atoms with Crippen molar-refractivity contribution in [1.82, 2.24) is 0 Å². The summed E-state index contributed by atoms with van der Waals surface area (Å²) < 4.78 is 10.7. The minimum Gasteiger partial charge on any atom is -0.481 e. The third-order valence-electron chi connectivity index (χ3n) is 3.44. The zero-order valence-electron chi connectivity index (χ0n) is 14.7. The number of esters is 1. The molecule has 0 aliphatic heterocycles. The molecule has 25 heavy (non-hydrogen) atoms. The van der Waals surface area contributed by atoms with Crippen LogP contribution in [0.1, 0.15) is 42.4 Å². The molecule has 2 aromatic rings. The molecule has 0 fully saturated rings. The Kier molecular flexibility index (Phi) is 7.01. The van der Waals surface area contributed by atoms with Crippen molar-refractivity contribution >= 4 is 28.2 Å². The summed E-state index contributed by atoms with van der Waals surface area (Å²) in [6, 6.07) is 10.9. The van der Waals surface area contributed by atoms with Crippen LogP contribution in [0.15, 0.2) is 36.4 Å². The predicted octanol–water partition coefficient (Wildman–Crippen LogP) is 4.28. The summed E-state index contributed by atoms with van der Waals surface area (Å²) in [4.78, 5) is 25.6. The molecule has 0 bridgehead atoms. The lowest BCUT2D eigenvalue weighted by atomic mass is 10.2. The predicted molar refractivity (Wildman–Crippen MR) is 99.4 cm³/mol. The zero-order chi connectivity index (χ0) is 18.2. The quantitative estimate of drug-likeness (QED) is 0.713. The molecule has 1 N–H and O–H groups in total. The number of ether oxygens (including phenoxy) is 2. The highest BCUT2D eigenvalue weighted by atomic mass is 32.1. The van der Waals surface area contributed by atoms with Crippen molar-refractivity contribution in [2.24, 2.45) is 0 Å². The van der Waals surface area contributed by atoms with Crippen LogP contribution in [0.4, 0.5) is 5.00 Å². The lowest BCUT2D eigenvalue weighted by molar-refractivity contribution is -0.122. The average molecular weight is 361 g/mol. The summed E-state index contributed by atoms with van der Waals surface area (Å²) >= 11 is 1.40. The summed E-state index contributed by atoms with van der Waals surface area (Å²) in [6.45, 7) is 5.79. The minimum absolute atomic E-state index is 0.290. The maximum Gasteiger partial charge on any atom is 0.341 e. The Balaban J connectivity index is 2.11. The molecular formula is C19H23NO4S. The van der Waals surface area contributed by atoms with Gasteiger partial charge in [-0.15, -0.1) is 11.3 Å². The van der Waals surface area contributed by atoms with Crippen LogP contribution in [0.5, 0.6) is 5.75 Å². The molecule has 1 amide bonds. The van der Waals surface area contributed by atoms with Crippen molar-refractivity contribution in [3.63, 3.8) is 0 Å². The molecule has 6 heteroatoms. The van der Waals surface area contributed by atoms with Gasteiger partial charge in [-0.05, 0) is 38.5 Å². The minimum atomic E-state index is -0.686. The number of benzene rings is 1. The van der Waals surface area contributed by atoms with E-state index in [-0.39, 0.29) is 5.91 Å². The molecule has 1 atom stereocenters. The Morgan fingerprint density at radius 1 is 1.20 bits per heavy atom. The first kappa shape index (κ1) is 19.0. The number of hydrogen-bond donors (Lipinski definition) is 1. The number of hydrogen-bond acceptors (Lipinski definition) is 5. The second-order valence-electron chi connectivity index (χ2n) is 5.49. The van der Waals surface area contributed by atoms with Gasteiger partial charge in [0.25, 0.3) is 5.91 Å². The molecule has 0 aliphatic rings. The Bertz CT molecular complexity index is 711. The second-order valence-corrected chi connectivity index (χ2v) is 6.63. The van der Waals surface area contributed by atoms with Crippen molar-refractivity contribution in [2.45, 2.75) is 39.7 Å². The van der Waals surface area contributed by atoms with E-state index in [0.29, 0.717) is 22.9 Å². The number of amides is 1. The van der Waals surface area contributed by atoms with Gasteiger partial charge in [-0.3, -0.25) is 4.79 Å². The van der Waals surface area contributed by atoms with Crippen LogP contribution in [0.3, 0.4) is 0 Å². The van der Waals surface area contributed by atoms with E-state index < -0.39 is 12.1 Å². The molecule has 0 saturated heterocycles. The van der Waals surface area contributed by atoms with Crippen LogP contribution in [0.25, 0.3) is 0 Å². The van der Waals surface area contributed by atoms with E-state index in [1.807, 2.05) is 18.2 Å². The number of aryl methyl sites for hydroxylation is 1. The van der Waals surface area contributed by atoms with E-state index in [4.69, 9.17) is 9.47 Å². The van der Waals surface area contributed by atoms with E-state index >= 15 is 0 Å². The molecular weight excluding hydrogens is 338 g/mol. The molecule has 0 spiro atoms. The van der Waals surface area contributed by atoms with Gasteiger partial charge in [0.2, 0.25) is 0 Å². The topological polar surface area (TPSA) is 64.6 Å². The van der Waals surface area contributed by atoms with Gasteiger partial charge in [-0.2, -0.15) is 0 Å². The van der Waals surface area contributed by atoms with Gasteiger partial charge in [-0.1, -0.05) is 31.5 Å². The van der Waals surface area contributed by atoms with Crippen molar-refractivity contribution in [1.29, 1.82) is 0 Å². The summed E-state index contributed by atoms with van der Waals surface area (Å²) in [6.07, 6.45) is 1.13. The zero-order valence-corrected chi connectivity index (χ0v) is 15.5. The van der Waals surface area contributed by atoms with Crippen LogP contribution in [-0.2, 0) is 16.0 Å². The maximum absolute atomic E-state index is 12.4. The SMILES string of the molecule is CCCc1cc(C(=O)OCC)c(NC(=O)[C@H](C)Oc2ccccc2)s1. The monoisotopic (exact) mass is 361 g/mol. The van der Waals surface area contributed by atoms with Crippen molar-refractivity contribution in [2.75, 3.05) is 11.9 Å². The van der Waals surface area contributed by atoms with Gasteiger partial charge >= 0.3 is 5.97 Å². The van der Waals surface area contributed by atoms with Gasteiger partial charge < -0.3 is 14.8 Å². The molecule has 1 heterocycles. The molecule has 5 nitrogen and oxygen atoms in total. The fourth-order valence-electron chi connectivity index (χ4n) is 2.24. The van der Waals surface area contributed by atoms with E-state index in [1.165, 1.54) is 11.3 Å². The Morgan fingerprint density at radius 3 is 2.56 bits per heavy atom. The fourth-order valence-corrected chi connectivity index (χ4v) is 3.38. The molecule has 1 aromatic carbocycles. The number of anilines is 1. The van der Waals surface area contributed by atoms with E-state index in [9.17, 15) is 9.59 Å². The molecule has 1 aromatic heterocycles. The average Bonchev–Trinajstić information content (AvgIpc) is 2.99. The number of para-hydroxylation sites is 1. The molecule has 2 rings (SSSR count). The van der Waals surface area contributed by atoms with Gasteiger partial charge in [0.15, 0.2) is 6.10 Å². The number of rotatable bonds is 8. The smallest absolute Gasteiger partial charge is 0.341 e. The first-order valence-electron chi connectivity index (χ1n) is 8.37. The summed E-state index contributed by atoms with van der Waals surface area (Å²) in [5.74, 6) is -0.110. The Morgan fingerprint density at radius 2 is 1.92 bits per heavy atom. The first-order chi connectivity index (χ1) is 12.0. The second kappa shape index (κ2) is 9.22. The summed E-state index contributed by atoms with van der Waals surface area (Å²) in [7, 11) is 0. The fraction of sp³-hybridized carbons (Fsp3) is 0.368. The van der Waals surface area contributed by atoms with Crippen molar-refractivity contribution in [3.05, 3.63) is 46.8 Å². The Hall–Kier alpha value is -2.34. The van der Waals surface area contributed by atoms with Crippen LogP contribution >= 0.6 is 11.3 Å². The highest BCUT2D eigenvalue weighted by molar-refractivity contribution is 7.16. The number of nitrogens with one attached hydrogen (secondary N) is 1. The maximum atomic E-state index is 12.4. The third-order valence-corrected chi connectivity index (χ3v) is 4.55. The standard InChI is InChI=1S/C19H23NO4S/c1-4-9-15-12-16(19(22)23-5-2)18(25-15)20-17(21)13(3)24-14-10-7-6-8-11-14/h6-8,10-13H,4-5,9H2,1-3H3,(H,20,21)/t13-/m0/s1. The van der Waals surface area contributed by atoms with E-state index in [0.717, 1.165) is 17.7 Å². The lowest BCUT2D eigenvalue weighted by Gasteiger charge is -2.14. The first-order valence-corrected chi connectivity index (χ1v) is 9.19. The molecule has 134 valence electrons. The highest BCUT2D eigenvalue weighted by Gasteiger charge is 2.22. The van der Waals surface area contributed by atoms with Gasteiger partial charge in [0, 0.05) is 4.88 Å². The largest absolute Gasteiger partial charge is 0.481 e. The summed E-state index contributed by atoms with van der Waals surface area (Å²) in [5, 5.41) is 3.31. The van der Waals surface area contributed by atoms with Gasteiger partial charge in [-0.25, -0.2) is 4.79 Å². The van der Waals surface area contributed by atoms with Crippen molar-refractivity contribution < 1.29 is 19.1 Å². The third kappa shape index (κ3) is 5.32. The normalized spacial score (nSPS) is 11.6. The molecule has 0 saturated carbocycles. The molecule has 0 unspecified atom stereocenters. The molecule has 0 aliphatic carbocycles. The Labute approximate surface area is 152 Å². The van der Waals surface area contributed by atoms with Crippen LogP contribution < -0.4 is 10.1 Å². The highest BCUT2D eigenvalue weighted by Crippen LogP contribution is 2.30. The summed E-state index contributed by atoms with van der Waals surface area (Å²) in [5.41, 5.74) is 0.399. The van der Waals surface area contributed by atoms with Crippen LogP contribution in [0.2, 0.25) is 0 Å². The number of carbonyl (C=O) groups is 2. The lowest BCUT2D eigenvalue weighted by Crippen LogP contribution is -2.30. The van der Waals surface area contributed by atoms with Crippen molar-refractivity contribution in [3.8, 4) is 5.75 Å². The van der Waals surface area contributed by atoms with Gasteiger partial charge in [0.05, 0.1) is 12.2 Å². The van der Waals surface area contributed by atoms with Gasteiger partial charge in [0.1, 0.15) is 10.8 Å². The van der Waals surface area contributed by atoms with Crippen LogP contribution in [0, 0.1) is 0 Å². The number of carbonyl (C=O) groups excluding carboxylic acids is 2. The van der Waals surface area contributed by atoms with Crippen LogP contribution in [-0.4, -0.2) is 24.6 Å². The van der Waals surface area contributed by atoms with E-state index in [2.05, 4.69) is 12.2 Å². The molecule has 0 radical (unpaired) electrons.